The van der Waals surface area contributed by atoms with Crippen molar-refractivity contribution >= 4 is 27.8 Å². The Morgan fingerprint density at radius 2 is 1.87 bits per heavy atom. The Kier molecular flexibility index (Phi) is 7.18. The lowest BCUT2D eigenvalue weighted by Gasteiger charge is -2.16. The zero-order valence-electron chi connectivity index (χ0n) is 17.9. The van der Waals surface area contributed by atoms with E-state index >= 15 is 0 Å². The predicted octanol–water partition coefficient (Wildman–Crippen LogP) is 3.24. The van der Waals surface area contributed by atoms with Crippen molar-refractivity contribution in [3.05, 3.63) is 31.3 Å². The van der Waals surface area contributed by atoms with Crippen LogP contribution in [0.2, 0.25) is 0 Å². The Hall–Kier alpha value is -2.14. The summed E-state index contributed by atoms with van der Waals surface area (Å²) >= 11 is 1.08. The van der Waals surface area contributed by atoms with E-state index in [1.807, 2.05) is 20.8 Å². The Labute approximate surface area is 176 Å². The highest BCUT2D eigenvalue weighted by Gasteiger charge is 2.28. The summed E-state index contributed by atoms with van der Waals surface area (Å²) in [5, 5.41) is 4.38. The molecule has 2 aromatic heterocycles. The van der Waals surface area contributed by atoms with Crippen LogP contribution in [0, 0.1) is 6.92 Å². The Bertz CT molecular complexity index is 1040. The second-order valence-electron chi connectivity index (χ2n) is 8.15. The maximum absolute atomic E-state index is 13.0. The highest BCUT2D eigenvalue weighted by atomic mass is 32.1. The van der Waals surface area contributed by atoms with Gasteiger partial charge in [-0.25, -0.2) is 4.79 Å². The van der Waals surface area contributed by atoms with Gasteiger partial charge in [0.05, 0.1) is 35.5 Å². The molecule has 7 nitrogen and oxygen atoms in total. The van der Waals surface area contributed by atoms with Gasteiger partial charge in [-0.3, -0.25) is 13.9 Å². The van der Waals surface area contributed by atoms with Crippen molar-refractivity contribution in [2.24, 2.45) is 5.10 Å². The zero-order valence-corrected chi connectivity index (χ0v) is 18.7. The summed E-state index contributed by atoms with van der Waals surface area (Å²) in [6.45, 7) is 8.51. The van der Waals surface area contributed by atoms with Crippen molar-refractivity contribution in [3.8, 4) is 0 Å². The number of nitrogens with zero attached hydrogens (tertiary/aromatic N) is 3. The van der Waals surface area contributed by atoms with Gasteiger partial charge in [0.25, 0.3) is 5.56 Å². The molecule has 168 valence electrons. The number of nitrogens with one attached hydrogen (secondary N) is 1. The largest absolute Gasteiger partial charge is 0.390 e. The molecule has 0 aliphatic rings. The van der Waals surface area contributed by atoms with Gasteiger partial charge in [0, 0.05) is 19.2 Å². The minimum atomic E-state index is -4.43. The van der Waals surface area contributed by atoms with E-state index < -0.39 is 36.5 Å². The van der Waals surface area contributed by atoms with Gasteiger partial charge in [-0.05, 0) is 40.2 Å². The van der Waals surface area contributed by atoms with Crippen molar-refractivity contribution < 1.29 is 17.9 Å². The van der Waals surface area contributed by atoms with Crippen molar-refractivity contribution in [2.75, 3.05) is 7.11 Å². The topological polar surface area (TPSA) is 77.6 Å². The summed E-state index contributed by atoms with van der Waals surface area (Å²) in [5.41, 5.74) is 1.90. The molecule has 0 amide bonds. The highest BCUT2D eigenvalue weighted by Crippen LogP contribution is 2.28. The number of ether oxygens (including phenoxy) is 1. The Balaban J connectivity index is 2.69. The smallest absolute Gasteiger partial charge is 0.380 e. The van der Waals surface area contributed by atoms with Gasteiger partial charge in [0.15, 0.2) is 0 Å². The molecule has 2 aromatic rings. The number of thiophene rings is 1. The van der Waals surface area contributed by atoms with Crippen LogP contribution < -0.4 is 16.7 Å². The summed E-state index contributed by atoms with van der Waals surface area (Å²) in [4.78, 5) is 26.7. The maximum atomic E-state index is 13.0. The molecular weight excluding hydrogens is 421 g/mol. The molecule has 1 N–H and O–H groups in total. The van der Waals surface area contributed by atoms with E-state index in [1.54, 1.807) is 13.8 Å². The minimum Gasteiger partial charge on any atom is -0.380 e. The average Bonchev–Trinajstić information content (AvgIpc) is 2.93. The van der Waals surface area contributed by atoms with Gasteiger partial charge in [0.1, 0.15) is 4.83 Å². The van der Waals surface area contributed by atoms with E-state index in [4.69, 9.17) is 4.74 Å². The van der Waals surface area contributed by atoms with Gasteiger partial charge >= 0.3 is 11.9 Å². The molecule has 0 aliphatic carbocycles. The summed E-state index contributed by atoms with van der Waals surface area (Å²) in [6, 6.07) is 0. The molecule has 0 aliphatic heterocycles. The monoisotopic (exact) mass is 448 g/mol. The van der Waals surface area contributed by atoms with Crippen molar-refractivity contribution in [2.45, 2.75) is 71.9 Å². The molecule has 2 rings (SSSR count). The number of aromatic nitrogens is 2. The van der Waals surface area contributed by atoms with Crippen LogP contribution in [-0.2, 0) is 17.8 Å². The quantitative estimate of drug-likeness (QED) is 0.521. The zero-order chi connectivity index (χ0) is 22.9. The van der Waals surface area contributed by atoms with Crippen LogP contribution in [-0.4, -0.2) is 40.3 Å². The van der Waals surface area contributed by atoms with Crippen LogP contribution in [0.3, 0.4) is 0 Å². The molecule has 0 bridgehead atoms. The molecule has 1 atom stereocenters. The van der Waals surface area contributed by atoms with E-state index in [0.717, 1.165) is 20.5 Å². The number of hydrogen-bond acceptors (Lipinski definition) is 6. The summed E-state index contributed by atoms with van der Waals surface area (Å²) in [5.74, 6) is 0. The summed E-state index contributed by atoms with van der Waals surface area (Å²) in [7, 11) is 1.43. The van der Waals surface area contributed by atoms with Crippen LogP contribution in [0.4, 0.5) is 13.2 Å². The number of rotatable bonds is 7. The first kappa shape index (κ1) is 24.1. The fraction of sp³-hybridized carbons (Fsp3) is 0.632. The molecule has 0 radical (unpaired) electrons. The highest BCUT2D eigenvalue weighted by molar-refractivity contribution is 7.20. The van der Waals surface area contributed by atoms with E-state index in [0.29, 0.717) is 10.4 Å². The van der Waals surface area contributed by atoms with E-state index in [-0.39, 0.29) is 22.3 Å². The number of methoxy groups -OCH3 is 1. The fourth-order valence-corrected chi connectivity index (χ4v) is 3.94. The number of fused-ring (bicyclic) bond motifs is 1. The lowest BCUT2D eigenvalue weighted by Crippen LogP contribution is -2.42. The average molecular weight is 449 g/mol. The van der Waals surface area contributed by atoms with Gasteiger partial charge in [0.2, 0.25) is 0 Å². The molecule has 0 spiro atoms. The fourth-order valence-electron chi connectivity index (χ4n) is 2.75. The van der Waals surface area contributed by atoms with Crippen LogP contribution in [0.25, 0.3) is 10.2 Å². The first-order valence-corrected chi connectivity index (χ1v) is 10.2. The second kappa shape index (κ2) is 8.93. The number of hydrazone groups is 1. The number of halogens is 3. The third kappa shape index (κ3) is 5.72. The molecule has 30 heavy (non-hydrogen) atoms. The third-order valence-electron chi connectivity index (χ3n) is 4.37. The number of alkyl halides is 3. The van der Waals surface area contributed by atoms with Crippen molar-refractivity contribution in [1.29, 1.82) is 0 Å². The molecule has 0 fully saturated rings. The van der Waals surface area contributed by atoms with Crippen LogP contribution >= 0.6 is 11.3 Å². The SMILES string of the molecule is COC(C)Cn1c(=O)c2c(C)c(C=NNC(C)(C)C)sc2n(CCC(F)(F)F)c1=O. The van der Waals surface area contributed by atoms with Crippen molar-refractivity contribution in [3.63, 3.8) is 0 Å². The normalized spacial score (nSPS) is 14.0. The summed E-state index contributed by atoms with van der Waals surface area (Å²) in [6.07, 6.45) is -4.54. The second-order valence-corrected chi connectivity index (χ2v) is 9.18. The van der Waals surface area contributed by atoms with Crippen molar-refractivity contribution in [1.82, 2.24) is 14.6 Å². The van der Waals surface area contributed by atoms with Gasteiger partial charge in [-0.2, -0.15) is 18.3 Å². The Morgan fingerprint density at radius 1 is 1.23 bits per heavy atom. The minimum absolute atomic E-state index is 0.0551. The van der Waals surface area contributed by atoms with E-state index in [2.05, 4.69) is 10.5 Å². The van der Waals surface area contributed by atoms with Gasteiger partial charge in [-0.15, -0.1) is 11.3 Å². The van der Waals surface area contributed by atoms with Crippen LogP contribution in [0.5, 0.6) is 0 Å². The first-order valence-electron chi connectivity index (χ1n) is 9.41. The van der Waals surface area contributed by atoms with Crippen LogP contribution in [0.1, 0.15) is 44.6 Å². The lowest BCUT2D eigenvalue weighted by atomic mass is 10.1. The number of hydrogen-bond donors (Lipinski definition) is 1. The number of aryl methyl sites for hydroxylation is 2. The lowest BCUT2D eigenvalue weighted by molar-refractivity contribution is -0.136. The molecule has 0 saturated heterocycles. The molecule has 2 heterocycles. The predicted molar refractivity (Wildman–Crippen MR) is 113 cm³/mol. The molecule has 0 aromatic carbocycles. The van der Waals surface area contributed by atoms with E-state index in [1.165, 1.54) is 13.3 Å². The summed E-state index contributed by atoms with van der Waals surface area (Å²) < 4.78 is 45.7. The van der Waals surface area contributed by atoms with Gasteiger partial charge in [-0.1, -0.05) is 0 Å². The van der Waals surface area contributed by atoms with Crippen LogP contribution in [0.15, 0.2) is 14.7 Å². The molecule has 1 unspecified atom stereocenters. The van der Waals surface area contributed by atoms with E-state index in [9.17, 15) is 22.8 Å². The molecular formula is C19H27F3N4O3S. The van der Waals surface area contributed by atoms with Gasteiger partial charge < -0.3 is 10.2 Å². The molecule has 0 saturated carbocycles. The first-order chi connectivity index (χ1) is 13.7. The Morgan fingerprint density at radius 3 is 2.40 bits per heavy atom. The standard InChI is InChI=1S/C19H27F3N4O3S/c1-11(29-6)10-26-15(27)14-12(2)13(9-23-24-18(3,4)5)30-16(14)25(17(26)28)8-7-19(20,21)22/h9,11,24H,7-8,10H2,1-6H3. The third-order valence-corrected chi connectivity index (χ3v) is 5.62. The maximum Gasteiger partial charge on any atom is 0.390 e. The molecule has 11 heteroatoms.